The number of aryl methyl sites for hydroxylation is 6. The van der Waals surface area contributed by atoms with Gasteiger partial charge in [-0.15, -0.1) is 0 Å². The monoisotopic (exact) mass is 532 g/mol. The van der Waals surface area contributed by atoms with E-state index >= 15 is 0 Å². The molecule has 1 aliphatic rings. The van der Waals surface area contributed by atoms with E-state index in [1.165, 1.54) is 50.3 Å². The summed E-state index contributed by atoms with van der Waals surface area (Å²) in [6.07, 6.45) is 2.33. The third kappa shape index (κ3) is 6.40. The number of alkyl halides is 3. The summed E-state index contributed by atoms with van der Waals surface area (Å²) in [5, 5.41) is 0. The van der Waals surface area contributed by atoms with Crippen LogP contribution in [0.4, 0.5) is 24.5 Å². The molecule has 1 atom stereocenters. The zero-order chi connectivity index (χ0) is 27.7. The molecule has 3 aromatic carbocycles. The van der Waals surface area contributed by atoms with Crippen LogP contribution in [0.15, 0.2) is 54.6 Å². The molecule has 0 saturated heterocycles. The third-order valence-electron chi connectivity index (χ3n) is 6.25. The smallest absolute Gasteiger partial charge is 0.485 e. The molecule has 0 bridgehead atoms. The first-order valence-corrected chi connectivity index (χ1v) is 13.1. The van der Waals surface area contributed by atoms with Gasteiger partial charge in [0.2, 0.25) is 6.34 Å². The minimum absolute atomic E-state index is 0.288. The van der Waals surface area contributed by atoms with Crippen molar-refractivity contribution in [3.05, 3.63) is 93.5 Å². The molecule has 1 aliphatic heterocycles. The zero-order valence-corrected chi connectivity index (χ0v) is 22.5. The quantitative estimate of drug-likeness (QED) is 0.219. The SMILES string of the molecule is Cc1cc(C)c(N2C=[N+](c3c(C)cc(C)cc3C)C[C@@H]2c2ccccc2)c(C)c1.O=S(=O)([O-])C(F)(F)F. The molecule has 0 spiro atoms. The van der Waals surface area contributed by atoms with Gasteiger partial charge in [0.1, 0.15) is 17.9 Å². The van der Waals surface area contributed by atoms with E-state index in [1.807, 2.05) is 0 Å². The number of hydrogen-bond donors (Lipinski definition) is 0. The Morgan fingerprint density at radius 2 is 1.27 bits per heavy atom. The second-order valence-corrected chi connectivity index (χ2v) is 10.9. The third-order valence-corrected chi connectivity index (χ3v) is 6.82. The van der Waals surface area contributed by atoms with Gasteiger partial charge < -0.3 is 4.55 Å². The van der Waals surface area contributed by atoms with Gasteiger partial charge in [-0.25, -0.2) is 17.9 Å². The van der Waals surface area contributed by atoms with E-state index in [9.17, 15) is 13.2 Å². The van der Waals surface area contributed by atoms with Crippen LogP contribution in [-0.2, 0) is 10.1 Å². The standard InChI is InChI=1S/C27H31N2.CHF3O3S/c1-18-12-20(3)26(21(4)13-18)28-16-25(24-10-8-7-9-11-24)29(17-28)27-22(5)14-19(2)15-23(27)6;2-1(3,4)8(5,6)7/h7-15,17,25H,16H2,1-6H3;(H,5,6,7)/q+1;/p-1/t25-;/m1./s1. The summed E-state index contributed by atoms with van der Waals surface area (Å²) in [7, 11) is -6.09. The van der Waals surface area contributed by atoms with Crippen LogP contribution >= 0.6 is 0 Å². The average molecular weight is 533 g/mol. The lowest BCUT2D eigenvalue weighted by Crippen LogP contribution is -2.25. The summed E-state index contributed by atoms with van der Waals surface area (Å²) in [6.45, 7) is 14.2. The second-order valence-electron chi connectivity index (χ2n) is 9.50. The first-order chi connectivity index (χ1) is 17.1. The maximum Gasteiger partial charge on any atom is 0.485 e. The van der Waals surface area contributed by atoms with Gasteiger partial charge in [-0.1, -0.05) is 65.7 Å². The van der Waals surface area contributed by atoms with Gasteiger partial charge in [-0.2, -0.15) is 13.2 Å². The first-order valence-electron chi connectivity index (χ1n) is 11.7. The van der Waals surface area contributed by atoms with Gasteiger partial charge in [0.15, 0.2) is 16.2 Å². The van der Waals surface area contributed by atoms with Gasteiger partial charge in [-0.05, 0) is 63.8 Å². The molecule has 0 saturated carbocycles. The number of anilines is 1. The highest BCUT2D eigenvalue weighted by molar-refractivity contribution is 7.86. The maximum absolute atomic E-state index is 10.7. The minimum atomic E-state index is -6.09. The molecule has 0 N–H and O–H groups in total. The Labute approximate surface area is 216 Å². The summed E-state index contributed by atoms with van der Waals surface area (Å²) in [6, 6.07) is 20.4. The van der Waals surface area contributed by atoms with E-state index in [1.54, 1.807) is 0 Å². The van der Waals surface area contributed by atoms with Crippen molar-refractivity contribution in [2.75, 3.05) is 11.4 Å². The Morgan fingerprint density at radius 1 is 0.838 bits per heavy atom. The lowest BCUT2D eigenvalue weighted by Gasteiger charge is -2.21. The van der Waals surface area contributed by atoms with Crippen molar-refractivity contribution in [1.29, 1.82) is 0 Å². The van der Waals surface area contributed by atoms with Crippen LogP contribution < -0.4 is 4.90 Å². The van der Waals surface area contributed by atoms with Crippen LogP contribution in [0.5, 0.6) is 0 Å². The summed E-state index contributed by atoms with van der Waals surface area (Å²) >= 11 is 0. The molecule has 0 aliphatic carbocycles. The van der Waals surface area contributed by atoms with Crippen LogP contribution in [0.25, 0.3) is 0 Å². The van der Waals surface area contributed by atoms with E-state index < -0.39 is 15.6 Å². The molecule has 5 nitrogen and oxygen atoms in total. The topological polar surface area (TPSA) is 63.5 Å². The van der Waals surface area contributed by atoms with Crippen LogP contribution in [0, 0.1) is 41.5 Å². The maximum atomic E-state index is 10.7. The normalized spacial score (nSPS) is 15.8. The molecule has 3 aromatic rings. The van der Waals surface area contributed by atoms with Gasteiger partial charge in [0.25, 0.3) is 0 Å². The van der Waals surface area contributed by atoms with Crippen molar-refractivity contribution in [1.82, 2.24) is 0 Å². The highest BCUT2D eigenvalue weighted by Gasteiger charge is 2.38. The van der Waals surface area contributed by atoms with Gasteiger partial charge in [-0.3, -0.25) is 0 Å². The zero-order valence-electron chi connectivity index (χ0n) is 21.7. The predicted molar refractivity (Wildman–Crippen MR) is 140 cm³/mol. The highest BCUT2D eigenvalue weighted by atomic mass is 32.2. The molecule has 0 aromatic heterocycles. The fourth-order valence-electron chi connectivity index (χ4n) is 5.06. The molecule has 37 heavy (non-hydrogen) atoms. The number of hydrogen-bond acceptors (Lipinski definition) is 4. The number of halogens is 3. The Bertz CT molecular complexity index is 1390. The van der Waals surface area contributed by atoms with Crippen molar-refractivity contribution in [3.63, 3.8) is 0 Å². The van der Waals surface area contributed by atoms with Crippen molar-refractivity contribution in [3.8, 4) is 0 Å². The Morgan fingerprint density at radius 3 is 1.70 bits per heavy atom. The van der Waals surface area contributed by atoms with Crippen molar-refractivity contribution in [2.24, 2.45) is 0 Å². The van der Waals surface area contributed by atoms with E-state index in [4.69, 9.17) is 13.0 Å². The molecule has 1 heterocycles. The van der Waals surface area contributed by atoms with E-state index in [0.717, 1.165) is 6.54 Å². The van der Waals surface area contributed by atoms with Crippen LogP contribution in [0.2, 0.25) is 0 Å². The van der Waals surface area contributed by atoms with Crippen molar-refractivity contribution in [2.45, 2.75) is 53.1 Å². The predicted octanol–water partition coefficient (Wildman–Crippen LogP) is 6.52. The molecule has 9 heteroatoms. The lowest BCUT2D eigenvalue weighted by molar-refractivity contribution is -0.430. The number of nitrogens with zero attached hydrogens (tertiary/aromatic N) is 2. The molecule has 0 amide bonds. The van der Waals surface area contributed by atoms with E-state index in [0.29, 0.717) is 0 Å². The van der Waals surface area contributed by atoms with E-state index in [-0.39, 0.29) is 6.04 Å². The summed E-state index contributed by atoms with van der Waals surface area (Å²) in [4.78, 5) is 2.48. The Kier molecular flexibility index (Phi) is 8.19. The number of benzene rings is 3. The van der Waals surface area contributed by atoms with Gasteiger partial charge in [0.05, 0.1) is 0 Å². The minimum Gasteiger partial charge on any atom is -0.741 e. The molecular formula is C28H31F3N2O3S. The Hall–Kier alpha value is -3.17. The number of rotatable bonds is 3. The second kappa shape index (κ2) is 10.7. The largest absolute Gasteiger partial charge is 0.741 e. The summed E-state index contributed by atoms with van der Waals surface area (Å²) < 4.78 is 61.3. The lowest BCUT2D eigenvalue weighted by atomic mass is 10.0. The summed E-state index contributed by atoms with van der Waals surface area (Å²) in [5.74, 6) is 0. The van der Waals surface area contributed by atoms with Gasteiger partial charge >= 0.3 is 5.51 Å². The van der Waals surface area contributed by atoms with Crippen LogP contribution in [0.3, 0.4) is 0 Å². The highest BCUT2D eigenvalue weighted by Crippen LogP contribution is 2.37. The average Bonchev–Trinajstić information content (AvgIpc) is 3.16. The first kappa shape index (κ1) is 28.4. The Balaban J connectivity index is 0.000000414. The molecule has 0 unspecified atom stereocenters. The van der Waals surface area contributed by atoms with Crippen molar-refractivity contribution >= 4 is 27.8 Å². The molecular weight excluding hydrogens is 501 g/mol. The molecule has 0 radical (unpaired) electrons. The fourth-order valence-corrected chi connectivity index (χ4v) is 5.06. The van der Waals surface area contributed by atoms with Crippen LogP contribution in [0.1, 0.15) is 45.0 Å². The van der Waals surface area contributed by atoms with Crippen molar-refractivity contribution < 1.29 is 30.7 Å². The van der Waals surface area contributed by atoms with Crippen LogP contribution in [-0.4, -0.2) is 35.9 Å². The molecule has 4 rings (SSSR count). The molecule has 198 valence electrons. The fraction of sp³-hybridized carbons (Fsp3) is 0.321. The molecule has 0 fully saturated rings. The summed E-state index contributed by atoms with van der Waals surface area (Å²) in [5.41, 5.74) is 6.36. The van der Waals surface area contributed by atoms with E-state index in [2.05, 4.69) is 112 Å². The van der Waals surface area contributed by atoms with Gasteiger partial charge in [0, 0.05) is 5.56 Å².